The molecule has 5 nitrogen and oxygen atoms in total. The minimum Gasteiger partial charge on any atom is -0.301 e. The number of aromatic amines is 1. The molecule has 0 saturated carbocycles. The van der Waals surface area contributed by atoms with Crippen molar-refractivity contribution in [3.63, 3.8) is 0 Å². The number of nitrogens with one attached hydrogen (secondary N) is 1. The van der Waals surface area contributed by atoms with Crippen molar-refractivity contribution < 1.29 is 8.78 Å². The van der Waals surface area contributed by atoms with Crippen molar-refractivity contribution in [2.24, 2.45) is 0 Å². The number of thioether (sulfide) groups is 1. The standard InChI is InChI=1S/C22H18F2N4OS2/c23-18-5-3-14(9-19(18)24)12-31-22-27-20(6-4-16-2-1-7-30-16)17(21(29)28-22)8-15-10-25-13-26-11-15/h1-3,5,7,9-11,13H,4,6,8,12H2,(H,27,28,29). The van der Waals surface area contributed by atoms with Crippen LogP contribution in [0.2, 0.25) is 0 Å². The Kier molecular flexibility index (Phi) is 6.83. The molecular weight excluding hydrogens is 438 g/mol. The van der Waals surface area contributed by atoms with Crippen molar-refractivity contribution in [3.05, 3.63) is 104 Å². The molecule has 4 rings (SSSR count). The first-order valence-corrected chi connectivity index (χ1v) is 11.4. The summed E-state index contributed by atoms with van der Waals surface area (Å²) in [6.07, 6.45) is 6.59. The zero-order valence-electron chi connectivity index (χ0n) is 16.3. The Morgan fingerprint density at radius 3 is 2.61 bits per heavy atom. The molecule has 0 aliphatic heterocycles. The summed E-state index contributed by atoms with van der Waals surface area (Å²) in [4.78, 5) is 29.6. The lowest BCUT2D eigenvalue weighted by molar-refractivity contribution is 0.507. The summed E-state index contributed by atoms with van der Waals surface area (Å²) < 4.78 is 26.6. The van der Waals surface area contributed by atoms with Gasteiger partial charge in [0.15, 0.2) is 16.8 Å². The van der Waals surface area contributed by atoms with E-state index in [4.69, 9.17) is 0 Å². The van der Waals surface area contributed by atoms with Crippen LogP contribution in [0.3, 0.4) is 0 Å². The summed E-state index contributed by atoms with van der Waals surface area (Å²) in [7, 11) is 0. The van der Waals surface area contributed by atoms with Crippen molar-refractivity contribution in [2.75, 3.05) is 0 Å². The SMILES string of the molecule is O=c1[nH]c(SCc2ccc(F)c(F)c2)nc(CCc2cccs2)c1Cc1cncnc1. The first-order valence-electron chi connectivity index (χ1n) is 9.53. The van der Waals surface area contributed by atoms with Crippen LogP contribution in [0.5, 0.6) is 0 Å². The summed E-state index contributed by atoms with van der Waals surface area (Å²) in [5.41, 5.74) is 2.52. The lowest BCUT2D eigenvalue weighted by Gasteiger charge is -2.10. The average molecular weight is 457 g/mol. The van der Waals surface area contributed by atoms with Crippen LogP contribution in [0.25, 0.3) is 0 Å². The molecule has 0 saturated heterocycles. The highest BCUT2D eigenvalue weighted by molar-refractivity contribution is 7.98. The second kappa shape index (κ2) is 9.93. The minimum absolute atomic E-state index is 0.215. The van der Waals surface area contributed by atoms with Crippen molar-refractivity contribution in [1.29, 1.82) is 0 Å². The van der Waals surface area contributed by atoms with E-state index in [0.29, 0.717) is 40.6 Å². The van der Waals surface area contributed by atoms with E-state index in [-0.39, 0.29) is 5.56 Å². The Hall–Kier alpha value is -2.91. The van der Waals surface area contributed by atoms with Gasteiger partial charge in [-0.3, -0.25) is 4.79 Å². The largest absolute Gasteiger partial charge is 0.301 e. The number of benzene rings is 1. The molecule has 0 fully saturated rings. The van der Waals surface area contributed by atoms with Crippen LogP contribution in [0.4, 0.5) is 8.78 Å². The van der Waals surface area contributed by atoms with Gasteiger partial charge in [0.05, 0.1) is 5.69 Å². The molecule has 4 aromatic rings. The predicted molar refractivity (Wildman–Crippen MR) is 117 cm³/mol. The third kappa shape index (κ3) is 5.62. The topological polar surface area (TPSA) is 71.5 Å². The van der Waals surface area contributed by atoms with E-state index in [9.17, 15) is 13.6 Å². The van der Waals surface area contributed by atoms with Crippen molar-refractivity contribution in [3.8, 4) is 0 Å². The van der Waals surface area contributed by atoms with Crippen LogP contribution in [0, 0.1) is 11.6 Å². The summed E-state index contributed by atoms with van der Waals surface area (Å²) >= 11 is 2.94. The molecule has 0 radical (unpaired) electrons. The molecule has 158 valence electrons. The number of hydrogen-bond acceptors (Lipinski definition) is 6. The van der Waals surface area contributed by atoms with Crippen LogP contribution in [0.15, 0.2) is 64.4 Å². The zero-order chi connectivity index (χ0) is 21.6. The van der Waals surface area contributed by atoms with Gasteiger partial charge in [0.2, 0.25) is 0 Å². The number of aryl methyl sites for hydroxylation is 2. The maximum Gasteiger partial charge on any atom is 0.255 e. The molecule has 0 amide bonds. The number of thiophene rings is 1. The number of aromatic nitrogens is 4. The summed E-state index contributed by atoms with van der Waals surface area (Å²) in [6.45, 7) is 0. The van der Waals surface area contributed by atoms with Gasteiger partial charge in [-0.15, -0.1) is 11.3 Å². The van der Waals surface area contributed by atoms with Crippen molar-refractivity contribution in [2.45, 2.75) is 30.2 Å². The second-order valence-electron chi connectivity index (χ2n) is 6.84. The fourth-order valence-corrected chi connectivity index (χ4v) is 4.61. The Morgan fingerprint density at radius 2 is 1.87 bits per heavy atom. The fraction of sp³-hybridized carbons (Fsp3) is 0.182. The highest BCUT2D eigenvalue weighted by Crippen LogP contribution is 2.22. The lowest BCUT2D eigenvalue weighted by Crippen LogP contribution is -2.20. The number of H-pyrrole nitrogens is 1. The number of hydrogen-bond donors (Lipinski definition) is 1. The normalized spacial score (nSPS) is 11.0. The van der Waals surface area contributed by atoms with Crippen LogP contribution in [-0.2, 0) is 25.0 Å². The van der Waals surface area contributed by atoms with Gasteiger partial charge < -0.3 is 4.98 Å². The average Bonchev–Trinajstić information content (AvgIpc) is 3.29. The van der Waals surface area contributed by atoms with E-state index in [0.717, 1.165) is 24.1 Å². The number of nitrogens with zero attached hydrogens (tertiary/aromatic N) is 3. The molecule has 0 aliphatic carbocycles. The quantitative estimate of drug-likeness (QED) is 0.311. The fourth-order valence-electron chi connectivity index (χ4n) is 3.08. The van der Waals surface area contributed by atoms with E-state index in [1.165, 1.54) is 29.0 Å². The predicted octanol–water partition coefficient (Wildman–Crippen LogP) is 4.57. The maximum absolute atomic E-state index is 13.5. The van der Waals surface area contributed by atoms with E-state index in [1.807, 2.05) is 11.4 Å². The molecule has 0 bridgehead atoms. The molecule has 0 aliphatic rings. The maximum atomic E-state index is 13.5. The third-order valence-corrected chi connectivity index (χ3v) is 6.50. The molecule has 1 aromatic carbocycles. The van der Waals surface area contributed by atoms with Crippen molar-refractivity contribution >= 4 is 23.1 Å². The molecule has 9 heteroatoms. The van der Waals surface area contributed by atoms with Gasteiger partial charge in [-0.05, 0) is 47.5 Å². The van der Waals surface area contributed by atoms with Crippen molar-refractivity contribution in [1.82, 2.24) is 19.9 Å². The molecule has 0 atom stereocenters. The number of rotatable bonds is 8. The van der Waals surface area contributed by atoms with Gasteiger partial charge >= 0.3 is 0 Å². The van der Waals surface area contributed by atoms with E-state index in [2.05, 4.69) is 26.0 Å². The first-order chi connectivity index (χ1) is 15.1. The van der Waals surface area contributed by atoms with E-state index in [1.54, 1.807) is 23.7 Å². The molecular formula is C22H18F2N4OS2. The molecule has 0 unspecified atom stereocenters. The third-order valence-electron chi connectivity index (χ3n) is 4.62. The monoisotopic (exact) mass is 456 g/mol. The van der Waals surface area contributed by atoms with Gasteiger partial charge in [0.1, 0.15) is 6.33 Å². The van der Waals surface area contributed by atoms with Gasteiger partial charge in [0.25, 0.3) is 5.56 Å². The Balaban J connectivity index is 1.58. The highest BCUT2D eigenvalue weighted by Gasteiger charge is 2.14. The molecule has 31 heavy (non-hydrogen) atoms. The zero-order valence-corrected chi connectivity index (χ0v) is 18.0. The lowest BCUT2D eigenvalue weighted by atomic mass is 10.0. The van der Waals surface area contributed by atoms with Crippen LogP contribution in [0.1, 0.15) is 27.3 Å². The molecule has 3 heterocycles. The summed E-state index contributed by atoms with van der Waals surface area (Å²) in [6, 6.07) is 7.82. The van der Waals surface area contributed by atoms with Gasteiger partial charge in [-0.1, -0.05) is 23.9 Å². The molecule has 1 N–H and O–H groups in total. The molecule has 0 spiro atoms. The smallest absolute Gasteiger partial charge is 0.255 e. The Bertz CT molecular complexity index is 1210. The highest BCUT2D eigenvalue weighted by atomic mass is 32.2. The minimum atomic E-state index is -0.892. The van der Waals surface area contributed by atoms with E-state index >= 15 is 0 Å². The second-order valence-corrected chi connectivity index (χ2v) is 8.83. The van der Waals surface area contributed by atoms with Gasteiger partial charge in [-0.25, -0.2) is 23.7 Å². The van der Waals surface area contributed by atoms with Gasteiger partial charge in [0, 0.05) is 35.0 Å². The summed E-state index contributed by atoms with van der Waals surface area (Å²) in [5.74, 6) is -1.42. The van der Waals surface area contributed by atoms with Gasteiger partial charge in [-0.2, -0.15) is 0 Å². The van der Waals surface area contributed by atoms with Crippen LogP contribution < -0.4 is 5.56 Å². The number of halogens is 2. The first kappa shape index (κ1) is 21.3. The molecule has 3 aromatic heterocycles. The summed E-state index contributed by atoms with van der Waals surface area (Å²) in [5, 5.41) is 2.47. The van der Waals surface area contributed by atoms with Crippen LogP contribution in [-0.4, -0.2) is 19.9 Å². The van der Waals surface area contributed by atoms with E-state index < -0.39 is 11.6 Å². The Labute approximate surface area is 185 Å². The van der Waals surface area contributed by atoms with Crippen LogP contribution >= 0.6 is 23.1 Å². The Morgan fingerprint density at radius 1 is 1.03 bits per heavy atom.